The van der Waals surface area contributed by atoms with Gasteiger partial charge in [0.1, 0.15) is 17.8 Å². The Labute approximate surface area is 144 Å². The van der Waals surface area contributed by atoms with Crippen LogP contribution in [0.1, 0.15) is 12.8 Å². The summed E-state index contributed by atoms with van der Waals surface area (Å²) in [6, 6.07) is 2.50. The molecule has 0 spiro atoms. The normalized spacial score (nSPS) is 27.7. The number of fused-ring (bicyclic) bond motifs is 2. The Balaban J connectivity index is 1.35. The molecule has 0 radical (unpaired) electrons. The lowest BCUT2D eigenvalue weighted by Crippen LogP contribution is -2.26. The summed E-state index contributed by atoms with van der Waals surface area (Å²) in [4.78, 5) is 18.4. The number of hydrogen-bond acceptors (Lipinski definition) is 7. The molecular weight excluding hydrogens is 324 g/mol. The fraction of sp³-hybridized carbons (Fsp3) is 0.533. The highest BCUT2D eigenvalue weighted by Crippen LogP contribution is 2.39. The van der Waals surface area contributed by atoms with Gasteiger partial charge in [0.25, 0.3) is 0 Å². The van der Waals surface area contributed by atoms with Gasteiger partial charge in [-0.15, -0.1) is 0 Å². The minimum absolute atomic E-state index is 0.450. The number of hydrogen-bond donors (Lipinski definition) is 4. The molecule has 2 aromatic heterocycles. The number of nitrogens with one attached hydrogen (secondary N) is 2. The molecule has 1 aliphatic heterocycles. The summed E-state index contributed by atoms with van der Waals surface area (Å²) >= 11 is 1.01. The van der Waals surface area contributed by atoms with Crippen molar-refractivity contribution in [2.45, 2.75) is 18.9 Å². The van der Waals surface area contributed by atoms with Crippen molar-refractivity contribution in [2.24, 2.45) is 27.7 Å². The third-order valence-electron chi connectivity index (χ3n) is 5.07. The number of nitrogens with zero attached hydrogens (tertiary/aromatic N) is 4. The Morgan fingerprint density at radius 3 is 2.92 bits per heavy atom. The molecule has 9 heteroatoms. The maximum Gasteiger partial charge on any atom is 0.170 e. The third kappa shape index (κ3) is 3.06. The van der Waals surface area contributed by atoms with Crippen molar-refractivity contribution in [3.8, 4) is 0 Å². The van der Waals surface area contributed by atoms with Gasteiger partial charge in [-0.2, -0.15) is 0 Å². The number of aliphatic imine (C=N–C) groups is 1. The molecule has 2 aromatic rings. The minimum atomic E-state index is 0.450. The summed E-state index contributed by atoms with van der Waals surface area (Å²) in [6.45, 7) is 2.81. The Bertz CT molecular complexity index is 730. The summed E-state index contributed by atoms with van der Waals surface area (Å²) in [7, 11) is 0. The lowest BCUT2D eigenvalue weighted by atomic mass is 10.0. The zero-order valence-corrected chi connectivity index (χ0v) is 14.2. The van der Waals surface area contributed by atoms with Gasteiger partial charge in [-0.1, -0.05) is 0 Å². The standard InChI is InChI=1S/C15H22N8S/c16-15(24-17)21-8-23-5-9-3-11(4-10(9)6-23)22-14-12-1-2-18-13(12)19-7-20-14/h1-2,7,9-11H,3-6,8,17H2,(H2,16,21)(H2,18,19,20,22)/t9-,10+,11?. The lowest BCUT2D eigenvalue weighted by molar-refractivity contribution is 0.319. The molecule has 3 atom stereocenters. The number of anilines is 1. The van der Waals surface area contributed by atoms with E-state index in [1.165, 1.54) is 12.8 Å². The molecule has 2 fully saturated rings. The van der Waals surface area contributed by atoms with Crippen LogP contribution in [-0.4, -0.2) is 50.8 Å². The van der Waals surface area contributed by atoms with Crippen molar-refractivity contribution in [1.29, 1.82) is 0 Å². The fourth-order valence-electron chi connectivity index (χ4n) is 4.02. The number of aromatic nitrogens is 3. The van der Waals surface area contributed by atoms with Gasteiger partial charge in [0.2, 0.25) is 0 Å². The highest BCUT2D eigenvalue weighted by Gasteiger charge is 2.40. The van der Waals surface area contributed by atoms with E-state index < -0.39 is 0 Å². The smallest absolute Gasteiger partial charge is 0.170 e. The maximum absolute atomic E-state index is 5.65. The van der Waals surface area contributed by atoms with Gasteiger partial charge in [-0.05, 0) is 42.7 Å². The van der Waals surface area contributed by atoms with Crippen LogP contribution in [0, 0.1) is 11.8 Å². The third-order valence-corrected chi connectivity index (χ3v) is 5.44. The highest BCUT2D eigenvalue weighted by atomic mass is 32.2. The second kappa shape index (κ2) is 6.58. The number of nitrogens with two attached hydrogens (primary N) is 2. The van der Waals surface area contributed by atoms with Crippen LogP contribution in [0.2, 0.25) is 0 Å². The molecule has 24 heavy (non-hydrogen) atoms. The molecule has 3 heterocycles. The average molecular weight is 346 g/mol. The number of aromatic amines is 1. The maximum atomic E-state index is 5.65. The molecule has 8 nitrogen and oxygen atoms in total. The Morgan fingerprint density at radius 1 is 1.38 bits per heavy atom. The molecular formula is C15H22N8S. The Morgan fingerprint density at radius 2 is 2.17 bits per heavy atom. The zero-order chi connectivity index (χ0) is 16.5. The highest BCUT2D eigenvalue weighted by molar-refractivity contribution is 8.11. The van der Waals surface area contributed by atoms with Crippen LogP contribution in [0.4, 0.5) is 5.82 Å². The molecule has 0 aromatic carbocycles. The van der Waals surface area contributed by atoms with E-state index in [4.69, 9.17) is 10.9 Å². The first kappa shape index (κ1) is 15.7. The predicted molar refractivity (Wildman–Crippen MR) is 97.4 cm³/mol. The van der Waals surface area contributed by atoms with Crippen molar-refractivity contribution < 1.29 is 0 Å². The van der Waals surface area contributed by atoms with Crippen LogP contribution >= 0.6 is 11.9 Å². The van der Waals surface area contributed by atoms with E-state index in [0.717, 1.165) is 41.9 Å². The van der Waals surface area contributed by atoms with Crippen molar-refractivity contribution in [2.75, 3.05) is 25.1 Å². The topological polar surface area (TPSA) is 121 Å². The van der Waals surface area contributed by atoms with Gasteiger partial charge >= 0.3 is 0 Å². The molecule has 128 valence electrons. The molecule has 6 N–H and O–H groups in total. The van der Waals surface area contributed by atoms with Crippen molar-refractivity contribution in [3.05, 3.63) is 18.6 Å². The fourth-order valence-corrected chi connectivity index (χ4v) is 4.15. The predicted octanol–water partition coefficient (Wildman–Crippen LogP) is 0.959. The largest absolute Gasteiger partial charge is 0.377 e. The van der Waals surface area contributed by atoms with Crippen LogP contribution in [0.3, 0.4) is 0 Å². The zero-order valence-electron chi connectivity index (χ0n) is 13.4. The first-order valence-electron chi connectivity index (χ1n) is 8.16. The van der Waals surface area contributed by atoms with Crippen LogP contribution < -0.4 is 16.2 Å². The van der Waals surface area contributed by atoms with E-state index in [-0.39, 0.29) is 0 Å². The SMILES string of the molecule is NSC(N)=NCN1C[C@H]2CC(Nc3ncnc4[nH]ccc34)C[C@H]2C1. The number of amidine groups is 1. The molecule has 1 saturated heterocycles. The van der Waals surface area contributed by atoms with E-state index in [1.807, 2.05) is 12.3 Å². The van der Waals surface area contributed by atoms with Gasteiger partial charge in [0.15, 0.2) is 5.17 Å². The number of likely N-dealkylation sites (tertiary alicyclic amines) is 1. The van der Waals surface area contributed by atoms with Gasteiger partial charge in [0.05, 0.1) is 12.1 Å². The molecule has 1 unspecified atom stereocenters. The minimum Gasteiger partial charge on any atom is -0.377 e. The molecule has 1 aliphatic carbocycles. The second-order valence-electron chi connectivity index (χ2n) is 6.59. The van der Waals surface area contributed by atoms with E-state index in [1.54, 1.807) is 6.33 Å². The first-order chi connectivity index (χ1) is 11.7. The van der Waals surface area contributed by atoms with Gasteiger partial charge < -0.3 is 16.0 Å². The van der Waals surface area contributed by atoms with E-state index in [0.29, 0.717) is 29.7 Å². The monoisotopic (exact) mass is 346 g/mol. The quantitative estimate of drug-likeness (QED) is 0.369. The van der Waals surface area contributed by atoms with Gasteiger partial charge in [-0.3, -0.25) is 10.0 Å². The van der Waals surface area contributed by atoms with E-state index in [2.05, 4.69) is 30.2 Å². The summed E-state index contributed by atoms with van der Waals surface area (Å²) in [5.74, 6) is 2.36. The molecule has 4 rings (SSSR count). The van der Waals surface area contributed by atoms with Gasteiger partial charge in [-0.25, -0.2) is 15.0 Å². The molecule has 0 amide bonds. The summed E-state index contributed by atoms with van der Waals surface area (Å²) < 4.78 is 0. The van der Waals surface area contributed by atoms with Crippen molar-refractivity contribution in [3.63, 3.8) is 0 Å². The van der Waals surface area contributed by atoms with Crippen molar-refractivity contribution in [1.82, 2.24) is 19.9 Å². The van der Waals surface area contributed by atoms with Gasteiger partial charge in [0, 0.05) is 25.3 Å². The number of H-pyrrole nitrogens is 1. The second-order valence-corrected chi connectivity index (χ2v) is 7.24. The summed E-state index contributed by atoms with van der Waals surface area (Å²) in [5.41, 5.74) is 6.53. The Kier molecular flexibility index (Phi) is 4.30. The van der Waals surface area contributed by atoms with Crippen LogP contribution in [0.5, 0.6) is 0 Å². The van der Waals surface area contributed by atoms with Crippen LogP contribution in [0.15, 0.2) is 23.6 Å². The van der Waals surface area contributed by atoms with E-state index in [9.17, 15) is 0 Å². The lowest BCUT2D eigenvalue weighted by Gasteiger charge is -2.18. The molecule has 1 saturated carbocycles. The molecule has 0 bridgehead atoms. The summed E-state index contributed by atoms with van der Waals surface area (Å²) in [6.07, 6.45) is 5.85. The molecule has 2 aliphatic rings. The van der Waals surface area contributed by atoms with Crippen LogP contribution in [-0.2, 0) is 0 Å². The number of rotatable bonds is 4. The first-order valence-corrected chi connectivity index (χ1v) is 9.04. The van der Waals surface area contributed by atoms with Crippen LogP contribution in [0.25, 0.3) is 11.0 Å². The van der Waals surface area contributed by atoms with Crippen molar-refractivity contribution >= 4 is 34.0 Å². The summed E-state index contributed by atoms with van der Waals surface area (Å²) in [5, 5.41) is 10.5. The average Bonchev–Trinajstić information content (AvgIpc) is 3.27. The Hall–Kier alpha value is -1.84. The van der Waals surface area contributed by atoms with E-state index >= 15 is 0 Å².